The summed E-state index contributed by atoms with van der Waals surface area (Å²) in [5, 5.41) is 0. The Morgan fingerprint density at radius 1 is 1.80 bits per heavy atom. The normalized spacial score (nSPS) is 23.8. The van der Waals surface area contributed by atoms with E-state index in [-0.39, 0.29) is 17.4 Å². The van der Waals surface area contributed by atoms with Gasteiger partial charge in [-0.1, -0.05) is 6.92 Å². The van der Waals surface area contributed by atoms with E-state index in [0.717, 1.165) is 19.3 Å². The third kappa shape index (κ3) is 1.01. The van der Waals surface area contributed by atoms with Crippen LogP contribution in [0.4, 0.5) is 0 Å². The van der Waals surface area contributed by atoms with E-state index in [1.165, 1.54) is 0 Å². The molecule has 0 aromatic heterocycles. The molecule has 0 radical (unpaired) electrons. The lowest BCUT2D eigenvalue weighted by atomic mass is 9.94. The lowest BCUT2D eigenvalue weighted by Crippen LogP contribution is -2.70. The monoisotopic (exact) mass is 143 g/mol. The predicted molar refractivity (Wildman–Crippen MR) is 37.8 cm³/mol. The summed E-state index contributed by atoms with van der Waals surface area (Å²) in [7, 11) is 0. The van der Waals surface area contributed by atoms with E-state index in [1.54, 1.807) is 0 Å². The van der Waals surface area contributed by atoms with Gasteiger partial charge in [-0.15, -0.1) is 0 Å². The van der Waals surface area contributed by atoms with Crippen molar-refractivity contribution in [3.8, 4) is 0 Å². The predicted octanol–water partition coefficient (Wildman–Crippen LogP) is -0.728. The molecule has 10 heavy (non-hydrogen) atoms. The van der Waals surface area contributed by atoms with E-state index < -0.39 is 0 Å². The van der Waals surface area contributed by atoms with Crippen LogP contribution in [0.25, 0.3) is 0 Å². The van der Waals surface area contributed by atoms with Gasteiger partial charge in [-0.25, -0.2) is 0 Å². The smallest absolute Gasteiger partial charge is 0.276 e. The summed E-state index contributed by atoms with van der Waals surface area (Å²) in [6.45, 7) is 2.09. The Hall–Kier alpha value is -0.570. The number of amides is 1. The second-order valence-corrected chi connectivity index (χ2v) is 3.17. The number of carbonyl (C=O) groups is 1. The molecular weight excluding hydrogens is 128 g/mol. The van der Waals surface area contributed by atoms with E-state index in [4.69, 9.17) is 5.73 Å². The maximum Gasteiger partial charge on any atom is 0.276 e. The van der Waals surface area contributed by atoms with Crippen LogP contribution in [0, 0.1) is 5.41 Å². The van der Waals surface area contributed by atoms with Crippen LogP contribution in [-0.4, -0.2) is 11.9 Å². The van der Waals surface area contributed by atoms with Crippen LogP contribution >= 0.6 is 0 Å². The quantitative estimate of drug-likeness (QED) is 0.537. The Morgan fingerprint density at radius 3 is 2.40 bits per heavy atom. The highest BCUT2D eigenvalue weighted by molar-refractivity contribution is 5.79. The fourth-order valence-corrected chi connectivity index (χ4v) is 1.41. The maximum atomic E-state index is 10.7. The average Bonchev–Trinajstić information content (AvgIpc) is 2.66. The first-order valence-electron chi connectivity index (χ1n) is 3.75. The van der Waals surface area contributed by atoms with Crippen molar-refractivity contribution in [2.75, 3.05) is 0 Å². The zero-order chi connectivity index (χ0) is 7.78. The zero-order valence-corrected chi connectivity index (χ0v) is 6.39. The molecule has 0 aromatic rings. The molecule has 0 aliphatic heterocycles. The summed E-state index contributed by atoms with van der Waals surface area (Å²) in [5.41, 5.74) is 9.09. The molecule has 1 unspecified atom stereocenters. The van der Waals surface area contributed by atoms with E-state index in [1.807, 2.05) is 0 Å². The van der Waals surface area contributed by atoms with Gasteiger partial charge in [-0.2, -0.15) is 0 Å². The van der Waals surface area contributed by atoms with E-state index in [0.29, 0.717) is 0 Å². The van der Waals surface area contributed by atoms with Crippen molar-refractivity contribution in [1.82, 2.24) is 0 Å². The molecule has 1 aliphatic rings. The molecule has 1 saturated carbocycles. The van der Waals surface area contributed by atoms with Crippen LogP contribution in [-0.2, 0) is 4.79 Å². The van der Waals surface area contributed by atoms with Gasteiger partial charge in [0.15, 0.2) is 6.04 Å². The van der Waals surface area contributed by atoms with Gasteiger partial charge in [0.25, 0.3) is 5.91 Å². The van der Waals surface area contributed by atoms with Crippen molar-refractivity contribution < 1.29 is 10.5 Å². The number of nitrogens with two attached hydrogens (primary N) is 1. The van der Waals surface area contributed by atoms with Gasteiger partial charge < -0.3 is 11.5 Å². The molecule has 1 atom stereocenters. The van der Waals surface area contributed by atoms with Gasteiger partial charge in [-0.3, -0.25) is 4.79 Å². The van der Waals surface area contributed by atoms with Crippen LogP contribution in [0.5, 0.6) is 0 Å². The third-order valence-corrected chi connectivity index (χ3v) is 2.68. The molecule has 1 fully saturated rings. The van der Waals surface area contributed by atoms with E-state index >= 15 is 0 Å². The number of hydrogen-bond acceptors (Lipinski definition) is 1. The molecule has 0 saturated heterocycles. The highest BCUT2D eigenvalue weighted by Gasteiger charge is 2.51. The minimum absolute atomic E-state index is 0.169. The van der Waals surface area contributed by atoms with Crippen molar-refractivity contribution >= 4 is 5.91 Å². The number of hydrogen-bond donors (Lipinski definition) is 2. The molecule has 1 amide bonds. The molecule has 5 N–H and O–H groups in total. The summed E-state index contributed by atoms with van der Waals surface area (Å²) >= 11 is 0. The average molecular weight is 143 g/mol. The first-order chi connectivity index (χ1) is 4.62. The van der Waals surface area contributed by atoms with Crippen LogP contribution in [0.15, 0.2) is 0 Å². The first kappa shape index (κ1) is 7.54. The van der Waals surface area contributed by atoms with Crippen LogP contribution in [0.3, 0.4) is 0 Å². The molecule has 58 valence electrons. The lowest BCUT2D eigenvalue weighted by Gasteiger charge is -2.13. The van der Waals surface area contributed by atoms with E-state index in [9.17, 15) is 4.79 Å². The van der Waals surface area contributed by atoms with Crippen LogP contribution in [0.1, 0.15) is 26.2 Å². The van der Waals surface area contributed by atoms with Gasteiger partial charge in [-0.05, 0) is 19.3 Å². The molecule has 3 nitrogen and oxygen atoms in total. The van der Waals surface area contributed by atoms with Gasteiger partial charge in [0.05, 0.1) is 0 Å². The van der Waals surface area contributed by atoms with Crippen molar-refractivity contribution in [3.63, 3.8) is 0 Å². The maximum absolute atomic E-state index is 10.7. The molecule has 0 spiro atoms. The zero-order valence-electron chi connectivity index (χ0n) is 6.39. The topological polar surface area (TPSA) is 70.7 Å². The molecule has 0 aromatic carbocycles. The number of rotatable bonds is 3. The summed E-state index contributed by atoms with van der Waals surface area (Å²) in [4.78, 5) is 10.7. The fraction of sp³-hybridized carbons (Fsp3) is 0.857. The standard InChI is InChI=1S/C7H14N2O/c1-2-7(3-4-7)5(8)6(9)10/h5H,2-4,8H2,1H3,(H2,9,10)/p+1. The van der Waals surface area contributed by atoms with Crippen molar-refractivity contribution in [2.24, 2.45) is 11.1 Å². The SMILES string of the molecule is CCC1(C([NH3+])C(N)=O)CC1. The molecule has 0 bridgehead atoms. The highest BCUT2D eigenvalue weighted by Crippen LogP contribution is 2.50. The minimum atomic E-state index is -0.251. The second-order valence-electron chi connectivity index (χ2n) is 3.17. The molecular formula is C7H15N2O+. The fourth-order valence-electron chi connectivity index (χ4n) is 1.41. The van der Waals surface area contributed by atoms with Gasteiger partial charge in [0.1, 0.15) is 0 Å². The largest absolute Gasteiger partial charge is 0.364 e. The molecule has 1 aliphatic carbocycles. The minimum Gasteiger partial charge on any atom is -0.364 e. The molecule has 0 heterocycles. The lowest BCUT2D eigenvalue weighted by molar-refractivity contribution is -0.420. The van der Waals surface area contributed by atoms with Gasteiger partial charge in [0.2, 0.25) is 0 Å². The number of carbonyl (C=O) groups excluding carboxylic acids is 1. The first-order valence-corrected chi connectivity index (χ1v) is 3.75. The van der Waals surface area contributed by atoms with E-state index in [2.05, 4.69) is 12.7 Å². The number of quaternary nitrogens is 1. The Labute approximate surface area is 60.8 Å². The number of primary amides is 1. The second kappa shape index (κ2) is 2.23. The summed E-state index contributed by atoms with van der Waals surface area (Å²) in [6.07, 6.45) is 3.28. The molecule has 3 heteroatoms. The van der Waals surface area contributed by atoms with Crippen LogP contribution < -0.4 is 11.5 Å². The van der Waals surface area contributed by atoms with Crippen molar-refractivity contribution in [1.29, 1.82) is 0 Å². The summed E-state index contributed by atoms with van der Waals surface area (Å²) in [6, 6.07) is -0.169. The van der Waals surface area contributed by atoms with Gasteiger partial charge >= 0.3 is 0 Å². The Kier molecular flexibility index (Phi) is 1.68. The molecule has 1 rings (SSSR count). The Balaban J connectivity index is 2.55. The third-order valence-electron chi connectivity index (χ3n) is 2.68. The summed E-state index contributed by atoms with van der Waals surface area (Å²) < 4.78 is 0. The van der Waals surface area contributed by atoms with Crippen LogP contribution in [0.2, 0.25) is 0 Å². The van der Waals surface area contributed by atoms with Gasteiger partial charge in [0, 0.05) is 5.41 Å². The highest BCUT2D eigenvalue weighted by atomic mass is 16.1. The van der Waals surface area contributed by atoms with Crippen molar-refractivity contribution in [2.45, 2.75) is 32.2 Å². The van der Waals surface area contributed by atoms with Crippen molar-refractivity contribution in [3.05, 3.63) is 0 Å². The summed E-state index contributed by atoms with van der Waals surface area (Å²) in [5.74, 6) is -0.251. The Bertz CT molecular complexity index is 152. The Morgan fingerprint density at radius 2 is 2.30 bits per heavy atom.